The Hall–Kier alpha value is -2.28. The molecule has 1 amide bonds. The van der Waals surface area contributed by atoms with Crippen LogP contribution in [0.15, 0.2) is 48.5 Å². The number of hydrogen-bond donors (Lipinski definition) is 2. The standard InChI is InChI=1S/C20H24N2O4.ClH/c1-24-19-11-16(12-22-20(23)17-14-25-10-9-21-17)7-8-18(19)26-13-15-5-3-2-4-6-15;/h2-8,11,17,21H,9-10,12-14H2,1H3,(H,22,23);1H. The Bertz CT molecular complexity index is 721. The van der Waals surface area contributed by atoms with Crippen LogP contribution >= 0.6 is 12.4 Å². The Balaban J connectivity index is 0.00000261. The van der Waals surface area contributed by atoms with Gasteiger partial charge in [-0.1, -0.05) is 36.4 Å². The van der Waals surface area contributed by atoms with Gasteiger partial charge in [-0.05, 0) is 23.3 Å². The number of ether oxygens (including phenoxy) is 3. The Morgan fingerprint density at radius 3 is 2.70 bits per heavy atom. The molecule has 27 heavy (non-hydrogen) atoms. The molecule has 2 aromatic rings. The lowest BCUT2D eigenvalue weighted by Gasteiger charge is -2.23. The summed E-state index contributed by atoms with van der Waals surface area (Å²) in [6.07, 6.45) is 0. The van der Waals surface area contributed by atoms with Gasteiger partial charge in [0.2, 0.25) is 5.91 Å². The highest BCUT2D eigenvalue weighted by Crippen LogP contribution is 2.28. The molecule has 0 radical (unpaired) electrons. The van der Waals surface area contributed by atoms with Crippen molar-refractivity contribution in [2.75, 3.05) is 26.9 Å². The Morgan fingerprint density at radius 1 is 1.19 bits per heavy atom. The van der Waals surface area contributed by atoms with Crippen LogP contribution < -0.4 is 20.1 Å². The van der Waals surface area contributed by atoms with Gasteiger partial charge in [-0.3, -0.25) is 4.79 Å². The number of morpholine rings is 1. The SMILES string of the molecule is COc1cc(CNC(=O)C2COCCN2)ccc1OCc1ccccc1.Cl. The third-order valence-electron chi connectivity index (χ3n) is 4.17. The van der Waals surface area contributed by atoms with E-state index in [9.17, 15) is 4.79 Å². The van der Waals surface area contributed by atoms with Gasteiger partial charge in [0.25, 0.3) is 0 Å². The molecule has 0 bridgehead atoms. The first-order valence-corrected chi connectivity index (χ1v) is 8.69. The van der Waals surface area contributed by atoms with Crippen molar-refractivity contribution in [1.29, 1.82) is 0 Å². The second-order valence-corrected chi connectivity index (χ2v) is 6.06. The topological polar surface area (TPSA) is 68.8 Å². The summed E-state index contributed by atoms with van der Waals surface area (Å²) in [7, 11) is 1.61. The van der Waals surface area contributed by atoms with Crippen LogP contribution in [0, 0.1) is 0 Å². The molecule has 146 valence electrons. The summed E-state index contributed by atoms with van der Waals surface area (Å²) >= 11 is 0. The van der Waals surface area contributed by atoms with Crippen LogP contribution in [0.1, 0.15) is 11.1 Å². The highest BCUT2D eigenvalue weighted by Gasteiger charge is 2.20. The molecule has 0 aromatic heterocycles. The molecule has 1 aliphatic heterocycles. The molecule has 2 N–H and O–H groups in total. The molecule has 1 aliphatic rings. The molecule has 1 fully saturated rings. The van der Waals surface area contributed by atoms with Gasteiger partial charge in [0.1, 0.15) is 12.6 Å². The molecule has 3 rings (SSSR count). The lowest BCUT2D eigenvalue weighted by atomic mass is 10.2. The highest BCUT2D eigenvalue weighted by atomic mass is 35.5. The number of nitrogens with one attached hydrogen (secondary N) is 2. The number of rotatable bonds is 7. The van der Waals surface area contributed by atoms with Gasteiger partial charge in [-0.2, -0.15) is 0 Å². The van der Waals surface area contributed by atoms with Crippen molar-refractivity contribution in [2.45, 2.75) is 19.2 Å². The minimum atomic E-state index is -0.292. The zero-order chi connectivity index (χ0) is 18.2. The average molecular weight is 393 g/mol. The smallest absolute Gasteiger partial charge is 0.239 e. The summed E-state index contributed by atoms with van der Waals surface area (Å²) in [4.78, 5) is 12.1. The molecular formula is C20H25ClN2O4. The molecule has 1 atom stereocenters. The fraction of sp³-hybridized carbons (Fsp3) is 0.350. The van der Waals surface area contributed by atoms with E-state index in [2.05, 4.69) is 10.6 Å². The number of hydrogen-bond acceptors (Lipinski definition) is 5. The second kappa shape index (κ2) is 10.8. The first-order chi connectivity index (χ1) is 12.8. The Kier molecular flexibility index (Phi) is 8.39. The quantitative estimate of drug-likeness (QED) is 0.756. The normalized spacial score (nSPS) is 16.1. The van der Waals surface area contributed by atoms with Crippen LogP contribution in [0.4, 0.5) is 0 Å². The maximum Gasteiger partial charge on any atom is 0.239 e. The minimum absolute atomic E-state index is 0. The van der Waals surface area contributed by atoms with E-state index in [0.717, 1.165) is 11.1 Å². The van der Waals surface area contributed by atoms with E-state index in [4.69, 9.17) is 14.2 Å². The lowest BCUT2D eigenvalue weighted by molar-refractivity contribution is -0.126. The van der Waals surface area contributed by atoms with E-state index in [1.165, 1.54) is 0 Å². The molecule has 6 nitrogen and oxygen atoms in total. The Morgan fingerprint density at radius 2 is 2.00 bits per heavy atom. The number of halogens is 1. The van der Waals surface area contributed by atoms with E-state index < -0.39 is 0 Å². The maximum atomic E-state index is 12.1. The molecule has 2 aromatic carbocycles. The molecule has 7 heteroatoms. The van der Waals surface area contributed by atoms with Crippen molar-refractivity contribution >= 4 is 18.3 Å². The van der Waals surface area contributed by atoms with Crippen molar-refractivity contribution in [3.8, 4) is 11.5 Å². The summed E-state index contributed by atoms with van der Waals surface area (Å²) in [5, 5.41) is 6.06. The predicted molar refractivity (Wildman–Crippen MR) is 105 cm³/mol. The van der Waals surface area contributed by atoms with Crippen LogP contribution in [0.2, 0.25) is 0 Å². The van der Waals surface area contributed by atoms with Crippen LogP contribution in [-0.4, -0.2) is 38.8 Å². The second-order valence-electron chi connectivity index (χ2n) is 6.06. The third kappa shape index (κ3) is 6.13. The summed E-state index contributed by atoms with van der Waals surface area (Å²) in [5.74, 6) is 1.26. The molecule has 0 saturated carbocycles. The fourth-order valence-electron chi connectivity index (χ4n) is 2.72. The van der Waals surface area contributed by atoms with Gasteiger partial charge in [0, 0.05) is 13.1 Å². The summed E-state index contributed by atoms with van der Waals surface area (Å²) in [6.45, 7) is 2.64. The predicted octanol–water partition coefficient (Wildman–Crippen LogP) is 2.30. The van der Waals surface area contributed by atoms with Crippen molar-refractivity contribution in [2.24, 2.45) is 0 Å². The number of methoxy groups -OCH3 is 1. The van der Waals surface area contributed by atoms with E-state index in [1.54, 1.807) is 7.11 Å². The van der Waals surface area contributed by atoms with Crippen molar-refractivity contribution < 1.29 is 19.0 Å². The van der Waals surface area contributed by atoms with Crippen LogP contribution in [-0.2, 0) is 22.7 Å². The van der Waals surface area contributed by atoms with E-state index in [0.29, 0.717) is 44.4 Å². The lowest BCUT2D eigenvalue weighted by Crippen LogP contribution is -2.51. The summed E-state index contributed by atoms with van der Waals surface area (Å²) in [6, 6.07) is 15.3. The van der Waals surface area contributed by atoms with Gasteiger partial charge in [0.15, 0.2) is 11.5 Å². The van der Waals surface area contributed by atoms with E-state index in [1.807, 2.05) is 48.5 Å². The molecule has 0 aliphatic carbocycles. The minimum Gasteiger partial charge on any atom is -0.493 e. The third-order valence-corrected chi connectivity index (χ3v) is 4.17. The molecule has 1 saturated heterocycles. The van der Waals surface area contributed by atoms with Crippen molar-refractivity contribution in [1.82, 2.24) is 10.6 Å². The van der Waals surface area contributed by atoms with Gasteiger partial charge >= 0.3 is 0 Å². The molecule has 0 spiro atoms. The summed E-state index contributed by atoms with van der Waals surface area (Å²) in [5.41, 5.74) is 2.03. The van der Waals surface area contributed by atoms with Crippen LogP contribution in [0.5, 0.6) is 11.5 Å². The van der Waals surface area contributed by atoms with Crippen molar-refractivity contribution in [3.63, 3.8) is 0 Å². The van der Waals surface area contributed by atoms with E-state index in [-0.39, 0.29) is 24.4 Å². The van der Waals surface area contributed by atoms with Crippen LogP contribution in [0.3, 0.4) is 0 Å². The number of amides is 1. The monoisotopic (exact) mass is 392 g/mol. The number of benzene rings is 2. The van der Waals surface area contributed by atoms with Gasteiger partial charge in [-0.25, -0.2) is 0 Å². The first kappa shape index (κ1) is 21.0. The first-order valence-electron chi connectivity index (χ1n) is 8.69. The average Bonchev–Trinajstić information content (AvgIpc) is 2.72. The highest BCUT2D eigenvalue weighted by molar-refractivity contribution is 5.85. The van der Waals surface area contributed by atoms with Gasteiger partial charge < -0.3 is 24.8 Å². The number of carbonyl (C=O) groups excluding carboxylic acids is 1. The maximum absolute atomic E-state index is 12.1. The van der Waals surface area contributed by atoms with E-state index >= 15 is 0 Å². The van der Waals surface area contributed by atoms with Crippen molar-refractivity contribution in [3.05, 3.63) is 59.7 Å². The van der Waals surface area contributed by atoms with Gasteiger partial charge in [0.05, 0.1) is 20.3 Å². The molecule has 1 unspecified atom stereocenters. The zero-order valence-electron chi connectivity index (χ0n) is 15.3. The van der Waals surface area contributed by atoms with Gasteiger partial charge in [-0.15, -0.1) is 12.4 Å². The molecule has 1 heterocycles. The summed E-state index contributed by atoms with van der Waals surface area (Å²) < 4.78 is 16.6. The Labute approximate surface area is 165 Å². The fourth-order valence-corrected chi connectivity index (χ4v) is 2.72. The largest absolute Gasteiger partial charge is 0.493 e. The molecular weight excluding hydrogens is 368 g/mol. The number of carbonyl (C=O) groups is 1. The van der Waals surface area contributed by atoms with Crippen LogP contribution in [0.25, 0.3) is 0 Å². The zero-order valence-corrected chi connectivity index (χ0v) is 16.1.